The number of nitrogens with zero attached hydrogens (tertiary/aromatic N) is 3. The molecule has 3 heterocycles. The molecule has 0 N–H and O–H groups in total. The van der Waals surface area contributed by atoms with Gasteiger partial charge in [0.05, 0.1) is 22.5 Å². The summed E-state index contributed by atoms with van der Waals surface area (Å²) in [5, 5.41) is 4.69. The normalized spacial score (nSPS) is 12.5. The third-order valence-electron chi connectivity index (χ3n) is 9.27. The Labute approximate surface area is 341 Å². The summed E-state index contributed by atoms with van der Waals surface area (Å²) >= 11 is 1.61. The fourth-order valence-corrected chi connectivity index (χ4v) is 7.49. The molecule has 6 aromatic carbocycles. The zero-order valence-corrected chi connectivity index (χ0v) is 33.3. The van der Waals surface area contributed by atoms with Gasteiger partial charge < -0.3 is 9.55 Å². The van der Waals surface area contributed by atoms with Crippen molar-refractivity contribution < 1.29 is 25.6 Å². The summed E-state index contributed by atoms with van der Waals surface area (Å²) in [5.41, 5.74) is 12.7. The second kappa shape index (κ2) is 16.3. The van der Waals surface area contributed by atoms with Gasteiger partial charge in [0, 0.05) is 42.9 Å². The summed E-state index contributed by atoms with van der Waals surface area (Å²) in [6, 6.07) is 54.3. The molecule has 0 saturated heterocycles. The maximum absolute atomic E-state index is 8.68. The van der Waals surface area contributed by atoms with Gasteiger partial charge in [0.1, 0.15) is 0 Å². The molecule has 0 aliphatic carbocycles. The number of aromatic nitrogens is 3. The van der Waals surface area contributed by atoms with Gasteiger partial charge >= 0.3 is 0 Å². The molecule has 0 spiro atoms. The van der Waals surface area contributed by atoms with Crippen molar-refractivity contribution in [2.24, 2.45) is 0 Å². The largest absolute Gasteiger partial charge is 0.332 e. The molecule has 0 amide bonds. The third kappa shape index (κ3) is 7.49. The topological polar surface area (TPSA) is 30.7 Å². The molecular formula is C49H39IrN3S-2. The number of benzene rings is 6. The minimum Gasteiger partial charge on any atom is -0.332 e. The van der Waals surface area contributed by atoms with Crippen molar-refractivity contribution in [1.29, 1.82) is 0 Å². The summed E-state index contributed by atoms with van der Waals surface area (Å²) in [4.78, 5) is 9.38. The Morgan fingerprint density at radius 2 is 1.43 bits per heavy atom. The predicted octanol–water partition coefficient (Wildman–Crippen LogP) is 13.3. The van der Waals surface area contributed by atoms with Crippen molar-refractivity contribution >= 4 is 32.5 Å². The van der Waals surface area contributed by atoms with E-state index < -0.39 is 12.7 Å². The monoisotopic (exact) mass is 898 g/mol. The molecule has 0 aliphatic rings. The molecule has 0 atom stereocenters. The Morgan fingerprint density at radius 1 is 0.741 bits per heavy atom. The Kier molecular flexibility index (Phi) is 9.65. The number of pyridine rings is 1. The van der Waals surface area contributed by atoms with Crippen LogP contribution in [0.25, 0.3) is 71.7 Å². The molecule has 267 valence electrons. The van der Waals surface area contributed by atoms with Crippen LogP contribution in [-0.2, 0) is 20.1 Å². The first-order valence-electron chi connectivity index (χ1n) is 19.6. The molecule has 9 aromatic rings. The molecule has 9 rings (SSSR count). The number of rotatable bonds is 6. The average Bonchev–Trinajstić information content (AvgIpc) is 3.82. The third-order valence-corrected chi connectivity index (χ3v) is 10.2. The van der Waals surface area contributed by atoms with Crippen molar-refractivity contribution in [1.82, 2.24) is 14.5 Å². The van der Waals surface area contributed by atoms with Crippen LogP contribution in [0.4, 0.5) is 0 Å². The molecule has 5 heteroatoms. The Hall–Kier alpha value is -5.45. The van der Waals surface area contributed by atoms with E-state index in [2.05, 4.69) is 137 Å². The second-order valence-corrected chi connectivity index (χ2v) is 14.0. The molecule has 0 bridgehead atoms. The van der Waals surface area contributed by atoms with Gasteiger partial charge in [-0.05, 0) is 71.9 Å². The standard InChI is InChI=1S/C37H29N2S.C12H10N.Ir/c1-24(2)28-18-19-35-31(22-28)32(23-40-35)37-38-33-16-10-11-17-34(33)39(37)36-29(26-12-6-4-7-13-26)20-25(3)21-30(36)27-14-8-5-9-15-27;1-10-7-8-12(13-9-10)11-5-3-2-4-6-11;/h4-22,24H,1-3H3;2-5,7-9H,1H3;/q2*-1;/i24D;1D3;. The van der Waals surface area contributed by atoms with Crippen molar-refractivity contribution in [2.75, 3.05) is 0 Å². The zero-order chi connectivity index (χ0) is 39.7. The van der Waals surface area contributed by atoms with Crippen molar-refractivity contribution in [3.63, 3.8) is 0 Å². The molecule has 0 saturated carbocycles. The summed E-state index contributed by atoms with van der Waals surface area (Å²) in [5.74, 6) is 0.154. The number of aryl methyl sites for hydroxylation is 2. The van der Waals surface area contributed by atoms with Crippen LogP contribution in [0.15, 0.2) is 158 Å². The van der Waals surface area contributed by atoms with Gasteiger partial charge in [0.15, 0.2) is 0 Å². The van der Waals surface area contributed by atoms with Gasteiger partial charge in [-0.1, -0.05) is 132 Å². The van der Waals surface area contributed by atoms with Gasteiger partial charge in [-0.3, -0.25) is 16.3 Å². The van der Waals surface area contributed by atoms with E-state index in [0.717, 1.165) is 77.3 Å². The van der Waals surface area contributed by atoms with E-state index in [0.29, 0.717) is 0 Å². The van der Waals surface area contributed by atoms with Crippen LogP contribution in [0.1, 0.15) is 41.9 Å². The Balaban J connectivity index is 0.000000254. The van der Waals surface area contributed by atoms with Crippen LogP contribution < -0.4 is 0 Å². The maximum Gasteiger partial charge on any atom is 0.0774 e. The van der Waals surface area contributed by atoms with Crippen LogP contribution in [0.5, 0.6) is 0 Å². The number of para-hydroxylation sites is 2. The Bertz CT molecular complexity index is 2750. The van der Waals surface area contributed by atoms with Gasteiger partial charge in [-0.15, -0.1) is 47.3 Å². The van der Waals surface area contributed by atoms with E-state index in [1.165, 1.54) is 11.8 Å². The van der Waals surface area contributed by atoms with E-state index in [1.54, 1.807) is 29.5 Å². The molecule has 54 heavy (non-hydrogen) atoms. The summed E-state index contributed by atoms with van der Waals surface area (Å²) in [7, 11) is 0. The first kappa shape index (κ1) is 32.0. The van der Waals surface area contributed by atoms with Crippen molar-refractivity contribution in [3.05, 3.63) is 186 Å². The number of fused-ring (bicyclic) bond motifs is 2. The number of hydrogen-bond donors (Lipinski definition) is 0. The summed E-state index contributed by atoms with van der Waals surface area (Å²) < 4.78 is 33.9. The number of imidazole rings is 1. The predicted molar refractivity (Wildman–Crippen MR) is 224 cm³/mol. The van der Waals surface area contributed by atoms with Gasteiger partial charge in [-0.2, -0.15) is 0 Å². The van der Waals surface area contributed by atoms with Crippen LogP contribution in [0.2, 0.25) is 0 Å². The molecule has 1 radical (unpaired) electrons. The maximum atomic E-state index is 8.68. The number of hydrogen-bond acceptors (Lipinski definition) is 3. The van der Waals surface area contributed by atoms with Gasteiger partial charge in [0.25, 0.3) is 0 Å². The summed E-state index contributed by atoms with van der Waals surface area (Å²) in [6.45, 7) is 3.94. The molecule has 3 nitrogen and oxygen atoms in total. The van der Waals surface area contributed by atoms with Crippen molar-refractivity contribution in [3.8, 4) is 50.6 Å². The van der Waals surface area contributed by atoms with Crippen LogP contribution >= 0.6 is 11.3 Å². The van der Waals surface area contributed by atoms with E-state index >= 15 is 0 Å². The van der Waals surface area contributed by atoms with E-state index in [9.17, 15) is 0 Å². The van der Waals surface area contributed by atoms with E-state index in [-0.39, 0.29) is 25.7 Å². The van der Waals surface area contributed by atoms with Crippen molar-refractivity contribution in [2.45, 2.75) is 33.5 Å². The van der Waals surface area contributed by atoms with Gasteiger partial charge in [0.2, 0.25) is 0 Å². The van der Waals surface area contributed by atoms with Gasteiger partial charge in [-0.25, -0.2) is 0 Å². The number of thiophene rings is 1. The molecule has 0 fully saturated rings. The minimum absolute atomic E-state index is 0. The molecular weight excluding hydrogens is 855 g/mol. The van der Waals surface area contributed by atoms with E-state index in [4.69, 9.17) is 10.5 Å². The van der Waals surface area contributed by atoms with Crippen LogP contribution in [-0.4, -0.2) is 14.5 Å². The summed E-state index contributed by atoms with van der Waals surface area (Å²) in [6.07, 6.45) is 1.39. The fourth-order valence-electron chi connectivity index (χ4n) is 6.67. The molecule has 0 aliphatic heterocycles. The van der Waals surface area contributed by atoms with Crippen LogP contribution in [0.3, 0.4) is 0 Å². The SMILES string of the molecule is [2H]C(C)(C)c1ccc2s[c-]c(-c3nc4ccccc4n3-c3c(-c4ccccc4)cc(C)cc3-c3ccccc3)c2c1.[2H]C([2H])([2H])c1ccc(-c2[c-]cccc2)nc1.[Ir]. The molecule has 0 unspecified atom stereocenters. The fraction of sp³-hybridized carbons (Fsp3) is 0.102. The first-order valence-corrected chi connectivity index (χ1v) is 18.4. The average molecular weight is 898 g/mol. The smallest absolute Gasteiger partial charge is 0.0774 e. The quantitative estimate of drug-likeness (QED) is 0.156. The van der Waals surface area contributed by atoms with Crippen LogP contribution in [0, 0.1) is 25.2 Å². The molecule has 3 aromatic heterocycles. The second-order valence-electron chi connectivity index (χ2n) is 13.2. The van der Waals surface area contributed by atoms with E-state index in [1.807, 2.05) is 38.1 Å². The first-order chi connectivity index (χ1) is 27.5. The zero-order valence-electron chi connectivity index (χ0n) is 34.1. The Morgan fingerprint density at radius 3 is 2.06 bits per heavy atom. The minimum atomic E-state index is -2.09.